The second-order valence-corrected chi connectivity index (χ2v) is 4.34. The number of rotatable bonds is 2. The Morgan fingerprint density at radius 2 is 2.08 bits per heavy atom. The van der Waals surface area contributed by atoms with Crippen LogP contribution in [0.3, 0.4) is 0 Å². The maximum Gasteiger partial charge on any atom is 0.0793 e. The minimum atomic E-state index is -0.612. The third-order valence-electron chi connectivity index (χ3n) is 2.64. The van der Waals surface area contributed by atoms with Crippen molar-refractivity contribution in [2.45, 2.75) is 30.7 Å². The molecule has 4 heteroatoms. The minimum absolute atomic E-state index is 0.285. The molecule has 3 nitrogen and oxygen atoms in total. The molecule has 1 fully saturated rings. The first-order valence-corrected chi connectivity index (χ1v) is 4.94. The van der Waals surface area contributed by atoms with E-state index >= 15 is 0 Å². The number of hydrogen-bond acceptors (Lipinski definition) is 4. The number of hydrogen-bond donors (Lipinski definition) is 3. The average molecular weight is 190 g/mol. The molecule has 0 aromatic rings. The molecule has 0 aromatic carbocycles. The van der Waals surface area contributed by atoms with Crippen LogP contribution in [0.5, 0.6) is 0 Å². The molecule has 1 aliphatic heterocycles. The molecule has 0 spiro atoms. The Labute approximate surface area is 79.3 Å². The molecule has 0 amide bonds. The predicted molar refractivity (Wildman–Crippen MR) is 53.3 cm³/mol. The van der Waals surface area contributed by atoms with Gasteiger partial charge < -0.3 is 10.8 Å². The van der Waals surface area contributed by atoms with Crippen LogP contribution in [0.4, 0.5) is 0 Å². The van der Waals surface area contributed by atoms with Crippen LogP contribution in [0.15, 0.2) is 0 Å². The van der Waals surface area contributed by atoms with Crippen molar-refractivity contribution in [2.75, 3.05) is 19.6 Å². The normalized spacial score (nSPS) is 27.0. The lowest BCUT2D eigenvalue weighted by atomic mass is 9.92. The SMILES string of the molecule is CC(S)N1CCC(O)(CN)CC1. The lowest BCUT2D eigenvalue weighted by Gasteiger charge is -2.38. The summed E-state index contributed by atoms with van der Waals surface area (Å²) >= 11 is 4.34. The standard InChI is InChI=1S/C8H18N2OS/c1-7(12)10-4-2-8(11,6-9)3-5-10/h7,11-12H,2-6,9H2,1H3. The summed E-state index contributed by atoms with van der Waals surface area (Å²) in [6.45, 7) is 4.23. The highest BCUT2D eigenvalue weighted by molar-refractivity contribution is 7.80. The van der Waals surface area contributed by atoms with Gasteiger partial charge >= 0.3 is 0 Å². The summed E-state index contributed by atoms with van der Waals surface area (Å²) in [6.07, 6.45) is 1.54. The van der Waals surface area contributed by atoms with Gasteiger partial charge in [0.05, 0.1) is 5.60 Å². The fourth-order valence-corrected chi connectivity index (χ4v) is 1.75. The van der Waals surface area contributed by atoms with Crippen LogP contribution in [0.25, 0.3) is 0 Å². The van der Waals surface area contributed by atoms with Crippen LogP contribution in [0.2, 0.25) is 0 Å². The molecule has 1 rings (SSSR count). The van der Waals surface area contributed by atoms with E-state index in [9.17, 15) is 5.11 Å². The zero-order valence-electron chi connectivity index (χ0n) is 7.53. The van der Waals surface area contributed by atoms with Gasteiger partial charge in [0.15, 0.2) is 0 Å². The Balaban J connectivity index is 2.39. The monoisotopic (exact) mass is 190 g/mol. The smallest absolute Gasteiger partial charge is 0.0793 e. The van der Waals surface area contributed by atoms with Crippen LogP contribution < -0.4 is 5.73 Å². The largest absolute Gasteiger partial charge is 0.388 e. The molecule has 0 bridgehead atoms. The second kappa shape index (κ2) is 3.96. The van der Waals surface area contributed by atoms with Crippen molar-refractivity contribution in [3.63, 3.8) is 0 Å². The predicted octanol–water partition coefficient (Wildman–Crippen LogP) is 0.0478. The summed E-state index contributed by atoms with van der Waals surface area (Å²) < 4.78 is 0. The Morgan fingerprint density at radius 1 is 1.58 bits per heavy atom. The van der Waals surface area contributed by atoms with Crippen molar-refractivity contribution in [1.82, 2.24) is 4.90 Å². The first-order valence-electron chi connectivity index (χ1n) is 4.42. The Morgan fingerprint density at radius 3 is 2.42 bits per heavy atom. The highest BCUT2D eigenvalue weighted by Crippen LogP contribution is 2.22. The molecular formula is C8H18N2OS. The molecule has 1 unspecified atom stereocenters. The Kier molecular flexibility index (Phi) is 3.40. The molecule has 3 N–H and O–H groups in total. The quantitative estimate of drug-likeness (QED) is 0.539. The molecule has 72 valence electrons. The van der Waals surface area contributed by atoms with Gasteiger partial charge in [-0.15, -0.1) is 0 Å². The van der Waals surface area contributed by atoms with Gasteiger partial charge in [0.2, 0.25) is 0 Å². The van der Waals surface area contributed by atoms with E-state index in [0.717, 1.165) is 25.9 Å². The maximum atomic E-state index is 9.80. The molecule has 1 saturated heterocycles. The van der Waals surface area contributed by atoms with Gasteiger partial charge in [0, 0.05) is 25.0 Å². The molecular weight excluding hydrogens is 172 g/mol. The van der Waals surface area contributed by atoms with E-state index in [0.29, 0.717) is 6.54 Å². The number of aliphatic hydroxyl groups is 1. The van der Waals surface area contributed by atoms with Gasteiger partial charge in [-0.1, -0.05) is 0 Å². The highest BCUT2D eigenvalue weighted by atomic mass is 32.1. The maximum absolute atomic E-state index is 9.80. The van der Waals surface area contributed by atoms with Gasteiger partial charge in [-0.25, -0.2) is 0 Å². The number of likely N-dealkylation sites (tertiary alicyclic amines) is 1. The summed E-state index contributed by atoms with van der Waals surface area (Å²) in [5.74, 6) is 0. The molecule has 1 heterocycles. The fourth-order valence-electron chi connectivity index (χ4n) is 1.52. The number of nitrogens with two attached hydrogens (primary N) is 1. The van der Waals surface area contributed by atoms with Crippen molar-refractivity contribution < 1.29 is 5.11 Å². The molecule has 0 aliphatic carbocycles. The second-order valence-electron chi connectivity index (χ2n) is 3.60. The molecule has 0 aromatic heterocycles. The first kappa shape index (κ1) is 10.3. The van der Waals surface area contributed by atoms with Gasteiger partial charge in [0.25, 0.3) is 0 Å². The van der Waals surface area contributed by atoms with E-state index < -0.39 is 5.60 Å². The van der Waals surface area contributed by atoms with Gasteiger partial charge in [-0.3, -0.25) is 4.90 Å². The van der Waals surface area contributed by atoms with E-state index in [2.05, 4.69) is 24.5 Å². The van der Waals surface area contributed by atoms with E-state index in [-0.39, 0.29) is 5.37 Å². The van der Waals surface area contributed by atoms with Gasteiger partial charge in [-0.05, 0) is 19.8 Å². The first-order chi connectivity index (χ1) is 5.57. The van der Waals surface area contributed by atoms with Crippen molar-refractivity contribution in [2.24, 2.45) is 5.73 Å². The number of nitrogens with zero attached hydrogens (tertiary/aromatic N) is 1. The number of piperidine rings is 1. The van der Waals surface area contributed by atoms with E-state index in [1.165, 1.54) is 0 Å². The van der Waals surface area contributed by atoms with Crippen LogP contribution in [-0.4, -0.2) is 40.6 Å². The van der Waals surface area contributed by atoms with Crippen molar-refractivity contribution >= 4 is 12.6 Å². The van der Waals surface area contributed by atoms with Crippen molar-refractivity contribution in [3.05, 3.63) is 0 Å². The van der Waals surface area contributed by atoms with E-state index in [4.69, 9.17) is 5.73 Å². The van der Waals surface area contributed by atoms with Crippen LogP contribution >= 0.6 is 12.6 Å². The zero-order valence-corrected chi connectivity index (χ0v) is 8.43. The summed E-state index contributed by atoms with van der Waals surface area (Å²) in [5.41, 5.74) is 4.86. The summed E-state index contributed by atoms with van der Waals surface area (Å²) in [5, 5.41) is 10.1. The molecule has 1 aliphatic rings. The van der Waals surface area contributed by atoms with Crippen molar-refractivity contribution in [3.8, 4) is 0 Å². The molecule has 0 saturated carbocycles. The van der Waals surface area contributed by atoms with Crippen LogP contribution in [0.1, 0.15) is 19.8 Å². The van der Waals surface area contributed by atoms with E-state index in [1.807, 2.05) is 0 Å². The Hall–Kier alpha value is 0.230. The van der Waals surface area contributed by atoms with Gasteiger partial charge in [-0.2, -0.15) is 12.6 Å². The lowest BCUT2D eigenvalue weighted by Crippen LogP contribution is -2.49. The summed E-state index contributed by atoms with van der Waals surface area (Å²) in [4.78, 5) is 2.24. The van der Waals surface area contributed by atoms with E-state index in [1.54, 1.807) is 0 Å². The minimum Gasteiger partial charge on any atom is -0.388 e. The Bertz CT molecular complexity index is 144. The van der Waals surface area contributed by atoms with Crippen LogP contribution in [-0.2, 0) is 0 Å². The highest BCUT2D eigenvalue weighted by Gasteiger charge is 2.31. The zero-order chi connectivity index (χ0) is 9.19. The van der Waals surface area contributed by atoms with Gasteiger partial charge in [0.1, 0.15) is 0 Å². The van der Waals surface area contributed by atoms with Crippen LogP contribution in [0, 0.1) is 0 Å². The average Bonchev–Trinajstić information content (AvgIpc) is 2.05. The molecule has 12 heavy (non-hydrogen) atoms. The van der Waals surface area contributed by atoms with Crippen molar-refractivity contribution in [1.29, 1.82) is 0 Å². The number of thiol groups is 1. The molecule has 1 atom stereocenters. The third kappa shape index (κ3) is 2.36. The molecule has 0 radical (unpaired) electrons. The topological polar surface area (TPSA) is 49.5 Å². The summed E-state index contributed by atoms with van der Waals surface area (Å²) in [6, 6.07) is 0. The third-order valence-corrected chi connectivity index (χ3v) is 2.96. The fraction of sp³-hybridized carbons (Fsp3) is 1.00. The summed E-state index contributed by atoms with van der Waals surface area (Å²) in [7, 11) is 0. The lowest BCUT2D eigenvalue weighted by molar-refractivity contribution is -0.0146.